The number of ether oxygens (including phenoxy) is 1. The Morgan fingerprint density at radius 2 is 1.55 bits per heavy atom. The summed E-state index contributed by atoms with van der Waals surface area (Å²) in [5, 5.41) is 4.00. The van der Waals surface area contributed by atoms with Crippen molar-refractivity contribution in [3.63, 3.8) is 0 Å². The van der Waals surface area contributed by atoms with Gasteiger partial charge in [-0.05, 0) is 81.4 Å². The van der Waals surface area contributed by atoms with E-state index in [9.17, 15) is 18.0 Å². The van der Waals surface area contributed by atoms with Gasteiger partial charge in [0.25, 0.3) is 0 Å². The van der Waals surface area contributed by atoms with Crippen molar-refractivity contribution >= 4 is 28.7 Å². The Hall–Kier alpha value is -3.86. The number of ketones is 1. The first-order chi connectivity index (χ1) is 15.8. The quantitative estimate of drug-likeness (QED) is 0.382. The summed E-state index contributed by atoms with van der Waals surface area (Å²) in [5.74, 6) is 0.832. The van der Waals surface area contributed by atoms with Crippen LogP contribution in [-0.4, -0.2) is 5.78 Å². The van der Waals surface area contributed by atoms with Gasteiger partial charge in [-0.25, -0.2) is 0 Å². The Labute approximate surface area is 188 Å². The normalized spacial score (nSPS) is 15.5. The minimum absolute atomic E-state index is 0.0910. The highest BCUT2D eigenvalue weighted by Crippen LogP contribution is 2.36. The van der Waals surface area contributed by atoms with Crippen LogP contribution in [0.2, 0.25) is 0 Å². The number of hydrogen-bond donors (Lipinski definition) is 0. The van der Waals surface area contributed by atoms with Gasteiger partial charge in [-0.2, -0.15) is 13.2 Å². The molecule has 4 aromatic rings. The lowest BCUT2D eigenvalue weighted by atomic mass is 9.94. The molecule has 0 aromatic heterocycles. The molecule has 5 heteroatoms. The minimum atomic E-state index is -4.39. The average Bonchev–Trinajstić information content (AvgIpc) is 2.78. The predicted octanol–water partition coefficient (Wildman–Crippen LogP) is 6.10. The molecule has 0 saturated carbocycles. The number of rotatable bonds is 3. The van der Waals surface area contributed by atoms with Crippen LogP contribution in [-0.2, 0) is 11.0 Å². The van der Waals surface area contributed by atoms with Gasteiger partial charge in [0.05, 0.1) is 5.56 Å². The fourth-order valence-electron chi connectivity index (χ4n) is 4.04. The molecule has 1 unspecified atom stereocenters. The van der Waals surface area contributed by atoms with Crippen LogP contribution in [0.5, 0.6) is 11.5 Å². The molecule has 0 aliphatic heterocycles. The molecule has 164 valence electrons. The zero-order valence-corrected chi connectivity index (χ0v) is 17.7. The van der Waals surface area contributed by atoms with Gasteiger partial charge >= 0.3 is 6.18 Å². The first kappa shape index (κ1) is 21.0. The monoisotopic (exact) mass is 444 g/mol. The Kier molecular flexibility index (Phi) is 5.05. The molecular formula is C28H19F3O2. The molecular weight excluding hydrogens is 425 g/mol. The van der Waals surface area contributed by atoms with E-state index in [4.69, 9.17) is 4.74 Å². The number of hydrogen-bond acceptors (Lipinski definition) is 2. The summed E-state index contributed by atoms with van der Waals surface area (Å²) in [4.78, 5) is 12.1. The van der Waals surface area contributed by atoms with E-state index in [1.165, 1.54) is 12.1 Å². The smallest absolute Gasteiger partial charge is 0.416 e. The Bertz CT molecular complexity index is 1500. The molecule has 1 aliphatic carbocycles. The number of fused-ring (bicyclic) bond motifs is 2. The van der Waals surface area contributed by atoms with Crippen molar-refractivity contribution in [3.05, 3.63) is 94.9 Å². The van der Waals surface area contributed by atoms with E-state index in [-0.39, 0.29) is 11.7 Å². The van der Waals surface area contributed by atoms with E-state index >= 15 is 0 Å². The molecule has 5 rings (SSSR count). The largest absolute Gasteiger partial charge is 0.457 e. The summed E-state index contributed by atoms with van der Waals surface area (Å²) in [7, 11) is 0. The molecule has 2 nitrogen and oxygen atoms in total. The zero-order chi connectivity index (χ0) is 23.2. The average molecular weight is 444 g/mol. The van der Waals surface area contributed by atoms with E-state index < -0.39 is 11.7 Å². The molecule has 1 aliphatic rings. The van der Waals surface area contributed by atoms with Gasteiger partial charge in [-0.3, -0.25) is 4.79 Å². The maximum absolute atomic E-state index is 12.8. The van der Waals surface area contributed by atoms with E-state index in [1.54, 1.807) is 12.1 Å². The number of carbonyl (C=O) groups excluding carboxylic acids is 1. The fourth-order valence-corrected chi connectivity index (χ4v) is 4.04. The third-order valence-corrected chi connectivity index (χ3v) is 5.83. The molecule has 0 saturated heterocycles. The third-order valence-electron chi connectivity index (χ3n) is 5.83. The molecule has 0 fully saturated rings. The highest BCUT2D eigenvalue weighted by atomic mass is 19.4. The van der Waals surface area contributed by atoms with Crippen molar-refractivity contribution in [1.82, 2.24) is 0 Å². The van der Waals surface area contributed by atoms with E-state index in [1.807, 2.05) is 55.5 Å². The number of para-hydroxylation sites is 1. The molecule has 0 amide bonds. The molecule has 0 radical (unpaired) electrons. The second-order valence-corrected chi connectivity index (χ2v) is 8.17. The number of halogens is 3. The summed E-state index contributed by atoms with van der Waals surface area (Å²) in [6.45, 7) is 1.89. The standard InChI is InChI=1S/C28H19F3O2/c1-17-12-20-13-18-6-7-19(14-21(18)15-22(20)16-26(17)32)25-4-2-3-5-27(25)33-24-10-8-23(9-11-24)28(29,30)31/h2-17H,1H3. The highest BCUT2D eigenvalue weighted by molar-refractivity contribution is 6.11. The molecule has 4 aromatic carbocycles. The molecule has 1 atom stereocenters. The van der Waals surface area contributed by atoms with Gasteiger partial charge in [0.2, 0.25) is 0 Å². The Morgan fingerprint density at radius 1 is 0.818 bits per heavy atom. The van der Waals surface area contributed by atoms with Crippen molar-refractivity contribution < 1.29 is 22.7 Å². The lowest BCUT2D eigenvalue weighted by Gasteiger charge is -2.13. The summed E-state index contributed by atoms with van der Waals surface area (Å²) >= 11 is 0. The number of carbonyl (C=O) groups is 1. The van der Waals surface area contributed by atoms with Crippen molar-refractivity contribution in [2.75, 3.05) is 0 Å². The van der Waals surface area contributed by atoms with Gasteiger partial charge in [-0.15, -0.1) is 0 Å². The summed E-state index contributed by atoms with van der Waals surface area (Å²) in [6.07, 6.45) is -0.718. The number of benzene rings is 4. The SMILES string of the molecule is CC1C=c2cc3ccc(-c4ccccc4Oc4ccc(C(F)(F)F)cc4)cc3cc2=CC1=O. The first-order valence-electron chi connectivity index (χ1n) is 10.5. The predicted molar refractivity (Wildman–Crippen MR) is 123 cm³/mol. The summed E-state index contributed by atoms with van der Waals surface area (Å²) in [5.41, 5.74) is 1.00. The number of Topliss-reactive ketones (excluding diaryl/α,β-unsaturated/α-hetero) is 1. The van der Waals surface area contributed by atoms with E-state index in [2.05, 4.69) is 6.07 Å². The maximum atomic E-state index is 12.8. The van der Waals surface area contributed by atoms with E-state index in [0.717, 1.165) is 44.5 Å². The lowest BCUT2D eigenvalue weighted by molar-refractivity contribution is -0.137. The molecule has 0 heterocycles. The number of alkyl halides is 3. The highest BCUT2D eigenvalue weighted by Gasteiger charge is 2.30. The summed E-state index contributed by atoms with van der Waals surface area (Å²) < 4.78 is 44.5. The van der Waals surface area contributed by atoms with Crippen LogP contribution < -0.4 is 15.2 Å². The van der Waals surface area contributed by atoms with Crippen molar-refractivity contribution in [2.24, 2.45) is 5.92 Å². The van der Waals surface area contributed by atoms with Crippen LogP contribution in [0.4, 0.5) is 13.2 Å². The Morgan fingerprint density at radius 3 is 2.30 bits per heavy atom. The van der Waals surface area contributed by atoms with Crippen molar-refractivity contribution in [2.45, 2.75) is 13.1 Å². The van der Waals surface area contributed by atoms with Gasteiger partial charge in [0.1, 0.15) is 11.5 Å². The minimum Gasteiger partial charge on any atom is -0.457 e. The fraction of sp³-hybridized carbons (Fsp3) is 0.107. The zero-order valence-electron chi connectivity index (χ0n) is 17.7. The molecule has 0 N–H and O–H groups in total. The molecule has 0 spiro atoms. The topological polar surface area (TPSA) is 26.3 Å². The van der Waals surface area contributed by atoms with E-state index in [0.29, 0.717) is 11.5 Å². The van der Waals surface area contributed by atoms with Gasteiger partial charge in [0.15, 0.2) is 5.78 Å². The Balaban J connectivity index is 1.53. The van der Waals surface area contributed by atoms with Crippen LogP contribution >= 0.6 is 0 Å². The summed E-state index contributed by atoms with van der Waals surface area (Å²) in [6, 6.07) is 22.2. The van der Waals surface area contributed by atoms with Crippen LogP contribution in [0.1, 0.15) is 12.5 Å². The van der Waals surface area contributed by atoms with Crippen molar-refractivity contribution in [3.8, 4) is 22.6 Å². The van der Waals surface area contributed by atoms with Gasteiger partial charge in [0, 0.05) is 11.5 Å². The molecule has 0 bridgehead atoms. The maximum Gasteiger partial charge on any atom is 0.416 e. The van der Waals surface area contributed by atoms with Crippen LogP contribution in [0, 0.1) is 5.92 Å². The second-order valence-electron chi connectivity index (χ2n) is 8.17. The van der Waals surface area contributed by atoms with Gasteiger partial charge in [-0.1, -0.05) is 43.3 Å². The van der Waals surface area contributed by atoms with Crippen molar-refractivity contribution in [1.29, 1.82) is 0 Å². The third kappa shape index (κ3) is 4.14. The van der Waals surface area contributed by atoms with Crippen LogP contribution in [0.25, 0.3) is 34.1 Å². The molecule has 33 heavy (non-hydrogen) atoms. The first-order valence-corrected chi connectivity index (χ1v) is 10.5. The van der Waals surface area contributed by atoms with Crippen LogP contribution in [0.3, 0.4) is 0 Å². The second kappa shape index (κ2) is 7.93. The lowest BCUT2D eigenvalue weighted by Crippen LogP contribution is -2.32. The van der Waals surface area contributed by atoms with Crippen LogP contribution in [0.15, 0.2) is 78.9 Å². The van der Waals surface area contributed by atoms with Gasteiger partial charge < -0.3 is 4.74 Å².